The van der Waals surface area contributed by atoms with Crippen LogP contribution in [0.4, 0.5) is 0 Å². The molecule has 0 aliphatic carbocycles. The summed E-state index contributed by atoms with van der Waals surface area (Å²) in [6.07, 6.45) is 6.53. The zero-order valence-electron chi connectivity index (χ0n) is 10.00. The summed E-state index contributed by atoms with van der Waals surface area (Å²) in [5.41, 5.74) is 5.68. The number of hydrogen-bond acceptors (Lipinski definition) is 2. The van der Waals surface area contributed by atoms with Gasteiger partial charge in [0.25, 0.3) is 0 Å². The van der Waals surface area contributed by atoms with Gasteiger partial charge in [-0.2, -0.15) is 0 Å². The first-order valence-corrected chi connectivity index (χ1v) is 6.18. The Bertz CT molecular complexity index is 148. The van der Waals surface area contributed by atoms with Crippen LogP contribution in [0.15, 0.2) is 0 Å². The van der Waals surface area contributed by atoms with Crippen molar-refractivity contribution in [2.75, 3.05) is 6.54 Å². The molecule has 1 aliphatic rings. The summed E-state index contributed by atoms with van der Waals surface area (Å²) in [5.74, 6) is 0. The molecule has 3 atom stereocenters. The molecule has 0 spiro atoms. The largest absolute Gasteiger partial charge is 0.330 e. The number of likely N-dealkylation sites (tertiary alicyclic amines) is 1. The van der Waals surface area contributed by atoms with Gasteiger partial charge in [-0.05, 0) is 46.1 Å². The summed E-state index contributed by atoms with van der Waals surface area (Å²) in [5, 5.41) is 0. The number of piperidine rings is 1. The fraction of sp³-hybridized carbons (Fsp3) is 1.00. The van der Waals surface area contributed by atoms with E-state index in [1.54, 1.807) is 0 Å². The van der Waals surface area contributed by atoms with E-state index in [4.69, 9.17) is 5.73 Å². The van der Waals surface area contributed by atoms with Crippen molar-refractivity contribution in [1.29, 1.82) is 0 Å². The Kier molecular flexibility index (Phi) is 4.90. The van der Waals surface area contributed by atoms with Crippen LogP contribution in [0.3, 0.4) is 0 Å². The molecule has 0 aromatic carbocycles. The van der Waals surface area contributed by atoms with Gasteiger partial charge in [0, 0.05) is 18.1 Å². The van der Waals surface area contributed by atoms with E-state index in [0.29, 0.717) is 6.04 Å². The molecule has 0 radical (unpaired) electrons. The number of nitrogens with zero attached hydrogens (tertiary/aromatic N) is 1. The van der Waals surface area contributed by atoms with Crippen LogP contribution >= 0.6 is 0 Å². The molecule has 0 aromatic heterocycles. The van der Waals surface area contributed by atoms with Gasteiger partial charge in [0.1, 0.15) is 0 Å². The second-order valence-corrected chi connectivity index (χ2v) is 4.72. The van der Waals surface area contributed by atoms with E-state index in [-0.39, 0.29) is 0 Å². The molecule has 84 valence electrons. The Morgan fingerprint density at radius 3 is 2.29 bits per heavy atom. The van der Waals surface area contributed by atoms with Crippen molar-refractivity contribution in [3.05, 3.63) is 0 Å². The zero-order valence-corrected chi connectivity index (χ0v) is 10.00. The van der Waals surface area contributed by atoms with Gasteiger partial charge in [0.2, 0.25) is 0 Å². The minimum atomic E-state index is 0.713. The maximum atomic E-state index is 5.68. The van der Waals surface area contributed by atoms with Gasteiger partial charge in [-0.3, -0.25) is 4.90 Å². The quantitative estimate of drug-likeness (QED) is 0.751. The van der Waals surface area contributed by atoms with Crippen LogP contribution in [-0.4, -0.2) is 29.6 Å². The summed E-state index contributed by atoms with van der Waals surface area (Å²) >= 11 is 0. The molecule has 0 aromatic rings. The maximum absolute atomic E-state index is 5.68. The maximum Gasteiger partial charge on any atom is 0.0110 e. The molecule has 0 amide bonds. The van der Waals surface area contributed by atoms with Crippen molar-refractivity contribution in [3.8, 4) is 0 Å². The third kappa shape index (κ3) is 2.71. The third-order valence-corrected chi connectivity index (χ3v) is 3.65. The smallest absolute Gasteiger partial charge is 0.0110 e. The normalized spacial score (nSPS) is 31.7. The van der Waals surface area contributed by atoms with E-state index in [1.165, 1.54) is 25.7 Å². The van der Waals surface area contributed by atoms with Crippen molar-refractivity contribution >= 4 is 0 Å². The van der Waals surface area contributed by atoms with Gasteiger partial charge < -0.3 is 5.73 Å². The van der Waals surface area contributed by atoms with Gasteiger partial charge in [0.15, 0.2) is 0 Å². The van der Waals surface area contributed by atoms with Crippen molar-refractivity contribution in [2.45, 2.75) is 71.0 Å². The lowest BCUT2D eigenvalue weighted by Gasteiger charge is -2.44. The van der Waals surface area contributed by atoms with Crippen LogP contribution in [0.1, 0.15) is 52.9 Å². The average Bonchev–Trinajstić information content (AvgIpc) is 2.16. The van der Waals surface area contributed by atoms with Gasteiger partial charge in [-0.1, -0.05) is 13.3 Å². The first kappa shape index (κ1) is 12.0. The second kappa shape index (κ2) is 5.72. The first-order chi connectivity index (χ1) is 6.70. The standard InChI is InChI=1S/C12H26N2/c1-4-12(8-9-13)14-10(2)6-5-7-11(14)3/h10-12H,4-9,13H2,1-3H3. The average molecular weight is 198 g/mol. The summed E-state index contributed by atoms with van der Waals surface area (Å²) in [6.45, 7) is 7.85. The van der Waals surface area contributed by atoms with Crippen LogP contribution in [0, 0.1) is 0 Å². The monoisotopic (exact) mass is 198 g/mol. The van der Waals surface area contributed by atoms with Crippen LogP contribution in [0.2, 0.25) is 0 Å². The Morgan fingerprint density at radius 1 is 1.29 bits per heavy atom. The van der Waals surface area contributed by atoms with Gasteiger partial charge >= 0.3 is 0 Å². The molecule has 1 aliphatic heterocycles. The first-order valence-electron chi connectivity index (χ1n) is 6.18. The molecule has 1 fully saturated rings. The molecular formula is C12H26N2. The second-order valence-electron chi connectivity index (χ2n) is 4.72. The van der Waals surface area contributed by atoms with Gasteiger partial charge in [0.05, 0.1) is 0 Å². The lowest BCUT2D eigenvalue weighted by molar-refractivity contribution is 0.0499. The summed E-state index contributed by atoms with van der Waals surface area (Å²) in [7, 11) is 0. The van der Waals surface area contributed by atoms with E-state index in [2.05, 4.69) is 25.7 Å². The number of rotatable bonds is 4. The Morgan fingerprint density at radius 2 is 1.86 bits per heavy atom. The molecule has 1 rings (SSSR count). The molecule has 14 heavy (non-hydrogen) atoms. The predicted molar refractivity (Wildman–Crippen MR) is 62.4 cm³/mol. The highest BCUT2D eigenvalue weighted by Crippen LogP contribution is 2.26. The van der Waals surface area contributed by atoms with Crippen LogP contribution in [0.25, 0.3) is 0 Å². The number of hydrogen-bond donors (Lipinski definition) is 1. The van der Waals surface area contributed by atoms with Crippen LogP contribution in [-0.2, 0) is 0 Å². The molecule has 2 nitrogen and oxygen atoms in total. The highest BCUT2D eigenvalue weighted by Gasteiger charge is 2.29. The fourth-order valence-corrected chi connectivity index (χ4v) is 2.92. The molecule has 3 unspecified atom stereocenters. The van der Waals surface area contributed by atoms with Crippen LogP contribution in [0.5, 0.6) is 0 Å². The molecule has 0 bridgehead atoms. The molecular weight excluding hydrogens is 172 g/mol. The van der Waals surface area contributed by atoms with Crippen molar-refractivity contribution in [3.63, 3.8) is 0 Å². The Labute approximate surface area is 88.8 Å². The fourth-order valence-electron chi connectivity index (χ4n) is 2.92. The molecule has 2 heteroatoms. The van der Waals surface area contributed by atoms with E-state index in [1.807, 2.05) is 0 Å². The van der Waals surface area contributed by atoms with E-state index < -0.39 is 0 Å². The third-order valence-electron chi connectivity index (χ3n) is 3.65. The predicted octanol–water partition coefficient (Wildman–Crippen LogP) is 2.38. The highest BCUT2D eigenvalue weighted by atomic mass is 15.2. The van der Waals surface area contributed by atoms with Crippen molar-refractivity contribution in [2.24, 2.45) is 5.73 Å². The molecule has 0 saturated carbocycles. The summed E-state index contributed by atoms with van der Waals surface area (Å²) in [4.78, 5) is 2.70. The highest BCUT2D eigenvalue weighted by molar-refractivity contribution is 4.84. The molecule has 2 N–H and O–H groups in total. The Hall–Kier alpha value is -0.0800. The summed E-state index contributed by atoms with van der Waals surface area (Å²) < 4.78 is 0. The van der Waals surface area contributed by atoms with E-state index >= 15 is 0 Å². The SMILES string of the molecule is CCC(CCN)N1C(C)CCCC1C. The Balaban J connectivity index is 2.59. The zero-order chi connectivity index (χ0) is 10.6. The molecule has 1 heterocycles. The minimum Gasteiger partial charge on any atom is -0.330 e. The van der Waals surface area contributed by atoms with Crippen LogP contribution < -0.4 is 5.73 Å². The number of nitrogens with two attached hydrogens (primary N) is 1. The van der Waals surface area contributed by atoms with E-state index in [9.17, 15) is 0 Å². The van der Waals surface area contributed by atoms with Gasteiger partial charge in [-0.25, -0.2) is 0 Å². The van der Waals surface area contributed by atoms with E-state index in [0.717, 1.165) is 25.0 Å². The molecule has 1 saturated heterocycles. The van der Waals surface area contributed by atoms with Crippen molar-refractivity contribution < 1.29 is 0 Å². The van der Waals surface area contributed by atoms with Crippen molar-refractivity contribution in [1.82, 2.24) is 4.90 Å². The van der Waals surface area contributed by atoms with Gasteiger partial charge in [-0.15, -0.1) is 0 Å². The summed E-state index contributed by atoms with van der Waals surface area (Å²) in [6, 6.07) is 2.23. The lowest BCUT2D eigenvalue weighted by atomic mass is 9.93. The topological polar surface area (TPSA) is 29.3 Å². The lowest BCUT2D eigenvalue weighted by Crippen LogP contribution is -2.50. The minimum absolute atomic E-state index is 0.713.